The number of ether oxygens (including phenoxy) is 1. The van der Waals surface area contributed by atoms with Gasteiger partial charge in [0.05, 0.1) is 18.0 Å². The Morgan fingerprint density at radius 2 is 1.72 bits per heavy atom. The molecule has 0 aliphatic carbocycles. The first kappa shape index (κ1) is 22.5. The van der Waals surface area contributed by atoms with Gasteiger partial charge in [0.1, 0.15) is 12.3 Å². The maximum absolute atomic E-state index is 12.4. The van der Waals surface area contributed by atoms with E-state index < -0.39 is 10.0 Å². The van der Waals surface area contributed by atoms with Crippen LogP contribution in [0, 0.1) is 0 Å². The van der Waals surface area contributed by atoms with Crippen molar-refractivity contribution in [2.45, 2.75) is 20.0 Å². The van der Waals surface area contributed by atoms with Crippen molar-refractivity contribution in [3.05, 3.63) is 54.6 Å². The molecule has 8 heteroatoms. The molecule has 1 amide bonds. The predicted octanol–water partition coefficient (Wildman–Crippen LogP) is 2.49. The van der Waals surface area contributed by atoms with Gasteiger partial charge in [-0.3, -0.25) is 9.10 Å². The van der Waals surface area contributed by atoms with Crippen molar-refractivity contribution < 1.29 is 17.9 Å². The van der Waals surface area contributed by atoms with E-state index in [1.807, 2.05) is 56.1 Å². The number of anilines is 2. The molecule has 0 bridgehead atoms. The summed E-state index contributed by atoms with van der Waals surface area (Å²) in [5, 5.41) is 2.78. The van der Waals surface area contributed by atoms with Crippen LogP contribution in [0.5, 0.6) is 5.75 Å². The summed E-state index contributed by atoms with van der Waals surface area (Å²) in [6.45, 7) is 4.49. The number of rotatable bonds is 10. The minimum Gasteiger partial charge on any atom is -0.491 e. The molecule has 0 spiro atoms. The van der Waals surface area contributed by atoms with Gasteiger partial charge in [-0.2, -0.15) is 0 Å². The van der Waals surface area contributed by atoms with Crippen LogP contribution in [-0.2, 0) is 14.8 Å². The van der Waals surface area contributed by atoms with E-state index >= 15 is 0 Å². The number of hydrogen-bond acceptors (Lipinski definition) is 5. The standard InChI is InChI=1S/C21H29N3O4S/c1-17(2)28-20-12-8-11-19(15-20)24(29(4,26)27)16-21(25)22-13-14-23(3)18-9-6-5-7-10-18/h5-12,15,17H,13-14,16H2,1-4H3,(H,22,25). The highest BCUT2D eigenvalue weighted by molar-refractivity contribution is 7.92. The normalized spacial score (nSPS) is 11.2. The molecule has 2 rings (SSSR count). The molecule has 0 aromatic heterocycles. The summed E-state index contributed by atoms with van der Waals surface area (Å²) in [7, 11) is -1.70. The van der Waals surface area contributed by atoms with Crippen molar-refractivity contribution in [2.24, 2.45) is 0 Å². The van der Waals surface area contributed by atoms with Gasteiger partial charge >= 0.3 is 0 Å². The maximum atomic E-state index is 12.4. The van der Waals surface area contributed by atoms with Crippen LogP contribution in [-0.4, -0.2) is 53.4 Å². The Balaban J connectivity index is 1.99. The summed E-state index contributed by atoms with van der Waals surface area (Å²) in [5.74, 6) is 0.183. The zero-order chi connectivity index (χ0) is 21.4. The van der Waals surface area contributed by atoms with Gasteiger partial charge in [-0.05, 0) is 38.1 Å². The van der Waals surface area contributed by atoms with Crippen molar-refractivity contribution in [3.8, 4) is 5.75 Å². The summed E-state index contributed by atoms with van der Waals surface area (Å²) in [6.07, 6.45) is 1.04. The van der Waals surface area contributed by atoms with Crippen LogP contribution in [0.1, 0.15) is 13.8 Å². The molecular weight excluding hydrogens is 390 g/mol. The molecule has 2 aromatic rings. The van der Waals surface area contributed by atoms with Crippen LogP contribution < -0.4 is 19.3 Å². The number of para-hydroxylation sites is 1. The summed E-state index contributed by atoms with van der Waals surface area (Å²) in [4.78, 5) is 14.4. The fourth-order valence-electron chi connectivity index (χ4n) is 2.75. The second kappa shape index (κ2) is 10.2. The topological polar surface area (TPSA) is 79.0 Å². The average molecular weight is 420 g/mol. The summed E-state index contributed by atoms with van der Waals surface area (Å²) >= 11 is 0. The quantitative estimate of drug-likeness (QED) is 0.640. The second-order valence-electron chi connectivity index (χ2n) is 7.04. The lowest BCUT2D eigenvalue weighted by Gasteiger charge is -2.23. The minimum atomic E-state index is -3.64. The van der Waals surface area contributed by atoms with Crippen molar-refractivity contribution in [1.82, 2.24) is 5.32 Å². The molecule has 0 saturated heterocycles. The Kier molecular flexibility index (Phi) is 7.90. The van der Waals surface area contributed by atoms with E-state index in [0.717, 1.165) is 16.2 Å². The third-order valence-corrected chi connectivity index (χ3v) is 5.27. The molecule has 0 heterocycles. The average Bonchev–Trinajstić information content (AvgIpc) is 2.65. The first-order valence-corrected chi connectivity index (χ1v) is 11.3. The first-order valence-electron chi connectivity index (χ1n) is 9.44. The predicted molar refractivity (Wildman–Crippen MR) is 117 cm³/mol. The van der Waals surface area contributed by atoms with E-state index in [-0.39, 0.29) is 18.6 Å². The summed E-state index contributed by atoms with van der Waals surface area (Å²) < 4.78 is 31.2. The number of benzene rings is 2. The fourth-order valence-corrected chi connectivity index (χ4v) is 3.59. The molecule has 1 N–H and O–H groups in total. The largest absolute Gasteiger partial charge is 0.491 e. The number of nitrogens with zero attached hydrogens (tertiary/aromatic N) is 2. The molecule has 0 atom stereocenters. The van der Waals surface area contributed by atoms with Crippen molar-refractivity contribution >= 4 is 27.3 Å². The van der Waals surface area contributed by atoms with Crippen LogP contribution in [0.4, 0.5) is 11.4 Å². The van der Waals surface area contributed by atoms with E-state index in [1.54, 1.807) is 24.3 Å². The van der Waals surface area contributed by atoms with E-state index in [0.29, 0.717) is 24.5 Å². The molecule has 0 unspecified atom stereocenters. The maximum Gasteiger partial charge on any atom is 0.240 e. The van der Waals surface area contributed by atoms with Crippen LogP contribution in [0.2, 0.25) is 0 Å². The SMILES string of the molecule is CC(C)Oc1cccc(N(CC(=O)NCCN(C)c2ccccc2)S(C)(=O)=O)c1. The lowest BCUT2D eigenvalue weighted by molar-refractivity contribution is -0.119. The number of nitrogens with one attached hydrogen (secondary N) is 1. The van der Waals surface area contributed by atoms with Gasteiger partial charge < -0.3 is 15.0 Å². The van der Waals surface area contributed by atoms with Gasteiger partial charge in [-0.25, -0.2) is 8.42 Å². The van der Waals surface area contributed by atoms with E-state index in [1.165, 1.54) is 0 Å². The Morgan fingerprint density at radius 3 is 2.34 bits per heavy atom. The Labute approximate surface area is 173 Å². The van der Waals surface area contributed by atoms with Crippen molar-refractivity contribution in [1.29, 1.82) is 0 Å². The Hall–Kier alpha value is -2.74. The van der Waals surface area contributed by atoms with Gasteiger partial charge in [0, 0.05) is 31.9 Å². The zero-order valence-corrected chi connectivity index (χ0v) is 18.1. The van der Waals surface area contributed by atoms with Gasteiger partial charge in [0.25, 0.3) is 0 Å². The summed E-state index contributed by atoms with van der Waals surface area (Å²) in [5.41, 5.74) is 1.43. The smallest absolute Gasteiger partial charge is 0.240 e. The number of amides is 1. The highest BCUT2D eigenvalue weighted by Crippen LogP contribution is 2.23. The summed E-state index contributed by atoms with van der Waals surface area (Å²) in [6, 6.07) is 16.5. The molecule has 2 aromatic carbocycles. The first-order chi connectivity index (χ1) is 13.7. The van der Waals surface area contributed by atoms with E-state index in [4.69, 9.17) is 4.74 Å². The number of likely N-dealkylation sites (N-methyl/N-ethyl adjacent to an activating group) is 1. The molecule has 0 fully saturated rings. The molecule has 7 nitrogen and oxygen atoms in total. The lowest BCUT2D eigenvalue weighted by Crippen LogP contribution is -2.42. The Bertz CT molecular complexity index is 901. The third kappa shape index (κ3) is 7.30. The molecular formula is C21H29N3O4S. The fraction of sp³-hybridized carbons (Fsp3) is 0.381. The molecule has 0 saturated carbocycles. The van der Waals surface area contributed by atoms with Crippen molar-refractivity contribution in [3.63, 3.8) is 0 Å². The van der Waals surface area contributed by atoms with Gasteiger partial charge in [-0.1, -0.05) is 24.3 Å². The highest BCUT2D eigenvalue weighted by Gasteiger charge is 2.21. The lowest BCUT2D eigenvalue weighted by atomic mass is 10.3. The van der Waals surface area contributed by atoms with E-state index in [9.17, 15) is 13.2 Å². The van der Waals surface area contributed by atoms with E-state index in [2.05, 4.69) is 5.32 Å². The molecule has 0 aliphatic rings. The second-order valence-corrected chi connectivity index (χ2v) is 8.95. The van der Waals surface area contributed by atoms with Gasteiger partial charge in [0.15, 0.2) is 0 Å². The molecule has 0 radical (unpaired) electrons. The van der Waals surface area contributed by atoms with Crippen LogP contribution >= 0.6 is 0 Å². The number of carbonyl (C=O) groups is 1. The van der Waals surface area contributed by atoms with Crippen LogP contribution in [0.3, 0.4) is 0 Å². The Morgan fingerprint density at radius 1 is 1.07 bits per heavy atom. The third-order valence-electron chi connectivity index (χ3n) is 4.13. The van der Waals surface area contributed by atoms with Crippen molar-refractivity contribution in [2.75, 3.05) is 42.1 Å². The highest BCUT2D eigenvalue weighted by atomic mass is 32.2. The molecule has 158 valence electrons. The minimum absolute atomic E-state index is 0.0400. The zero-order valence-electron chi connectivity index (χ0n) is 17.3. The number of carbonyl (C=O) groups excluding carboxylic acids is 1. The van der Waals surface area contributed by atoms with Gasteiger partial charge in [-0.15, -0.1) is 0 Å². The molecule has 29 heavy (non-hydrogen) atoms. The number of sulfonamides is 1. The monoisotopic (exact) mass is 419 g/mol. The molecule has 0 aliphatic heterocycles. The van der Waals surface area contributed by atoms with Crippen LogP contribution in [0.15, 0.2) is 54.6 Å². The van der Waals surface area contributed by atoms with Gasteiger partial charge in [0.2, 0.25) is 15.9 Å². The van der Waals surface area contributed by atoms with Crippen LogP contribution in [0.25, 0.3) is 0 Å². The number of hydrogen-bond donors (Lipinski definition) is 1.